The summed E-state index contributed by atoms with van der Waals surface area (Å²) in [5, 5.41) is 8.01. The minimum atomic E-state index is -0.572. The van der Waals surface area contributed by atoms with Crippen LogP contribution in [0.15, 0.2) is 41.2 Å². The maximum absolute atomic E-state index is 14.3. The van der Waals surface area contributed by atoms with Gasteiger partial charge in [0, 0.05) is 12.5 Å². The molecule has 1 unspecified atom stereocenters. The van der Waals surface area contributed by atoms with Gasteiger partial charge in [0.25, 0.3) is 11.5 Å². The first kappa shape index (κ1) is 22.5. The smallest absolute Gasteiger partial charge is 0.262 e. The highest BCUT2D eigenvalue weighted by molar-refractivity contribution is 7.16. The first-order valence-electron chi connectivity index (χ1n) is 10.3. The largest absolute Gasteiger partial charge is 0.498 e. The van der Waals surface area contributed by atoms with E-state index < -0.39 is 5.82 Å². The van der Waals surface area contributed by atoms with Gasteiger partial charge in [-0.3, -0.25) is 9.59 Å². The van der Waals surface area contributed by atoms with Gasteiger partial charge in [-0.25, -0.2) is 9.37 Å². The van der Waals surface area contributed by atoms with Crippen LogP contribution in [0.5, 0.6) is 5.75 Å². The summed E-state index contributed by atoms with van der Waals surface area (Å²) in [6.45, 7) is 12.2. The van der Waals surface area contributed by atoms with Gasteiger partial charge >= 0.3 is 0 Å². The molecule has 0 radical (unpaired) electrons. The van der Waals surface area contributed by atoms with Gasteiger partial charge in [0.1, 0.15) is 4.83 Å². The van der Waals surface area contributed by atoms with Gasteiger partial charge in [-0.1, -0.05) is 20.1 Å². The number of nitrogens with one attached hydrogen (secondary N) is 3. The molecule has 0 spiro atoms. The van der Waals surface area contributed by atoms with Crippen molar-refractivity contribution < 1.29 is 18.7 Å². The number of benzene rings is 1. The summed E-state index contributed by atoms with van der Waals surface area (Å²) in [5.41, 5.74) is 1.72. The predicted octanol–water partition coefficient (Wildman–Crippen LogP) is 3.87. The summed E-state index contributed by atoms with van der Waals surface area (Å²) in [5.74, 6) is -0.184. The van der Waals surface area contributed by atoms with E-state index in [9.17, 15) is 14.0 Å². The van der Waals surface area contributed by atoms with Crippen LogP contribution >= 0.6 is 11.3 Å². The van der Waals surface area contributed by atoms with Crippen molar-refractivity contribution in [2.24, 2.45) is 0 Å². The minimum Gasteiger partial charge on any atom is -0.498 e. The number of carbonyl (C=O) groups excluding carboxylic acids is 1. The van der Waals surface area contributed by atoms with E-state index >= 15 is 0 Å². The molecule has 0 fully saturated rings. The summed E-state index contributed by atoms with van der Waals surface area (Å²) in [6.07, 6.45) is 0. The van der Waals surface area contributed by atoms with Gasteiger partial charge in [-0.15, -0.1) is 11.3 Å². The molecule has 1 aliphatic rings. The number of ether oxygens (including phenoxy) is 2. The van der Waals surface area contributed by atoms with E-state index in [0.29, 0.717) is 33.8 Å². The first-order chi connectivity index (χ1) is 15.8. The zero-order chi connectivity index (χ0) is 23.7. The topological polar surface area (TPSA) is 105 Å². The monoisotopic (exact) mass is 470 g/mol. The van der Waals surface area contributed by atoms with Crippen LogP contribution in [-0.2, 0) is 16.1 Å². The average molecular weight is 471 g/mol. The number of halogens is 1. The molecule has 0 saturated heterocycles. The van der Waals surface area contributed by atoms with Crippen molar-refractivity contribution in [2.45, 2.75) is 26.3 Å². The number of H-pyrrole nitrogens is 1. The number of carbonyl (C=O) groups is 1. The second kappa shape index (κ2) is 9.07. The number of rotatable bonds is 8. The third-order valence-corrected chi connectivity index (χ3v) is 6.16. The van der Waals surface area contributed by atoms with Gasteiger partial charge < -0.3 is 25.1 Å². The molecule has 1 aromatic carbocycles. The van der Waals surface area contributed by atoms with E-state index in [1.54, 1.807) is 6.07 Å². The molecule has 33 heavy (non-hydrogen) atoms. The molecule has 1 atom stereocenters. The summed E-state index contributed by atoms with van der Waals surface area (Å²) >= 11 is 1.36. The lowest BCUT2D eigenvalue weighted by Crippen LogP contribution is -2.26. The van der Waals surface area contributed by atoms with Crippen molar-refractivity contribution in [3.63, 3.8) is 0 Å². The standard InChI is InChI=1S/C23H23FN4O4S/c1-5-31-13(4)11(2)15-10-33-23-19(15)22(30)27-21(28-23)12(3)25-8-14-6-16(24)20-17(7-14)26-18(29)9-32-20/h6-7,10-11,25H,3-5,8-9H2,1-2H3,(H,26,29)(H,27,28,30). The first-order valence-corrected chi connectivity index (χ1v) is 11.2. The van der Waals surface area contributed by atoms with E-state index in [0.717, 1.165) is 5.56 Å². The molecule has 2 aromatic heterocycles. The van der Waals surface area contributed by atoms with Crippen LogP contribution in [0, 0.1) is 5.82 Å². The van der Waals surface area contributed by atoms with Gasteiger partial charge in [-0.05, 0) is 35.6 Å². The normalized spacial score (nSPS) is 13.6. The number of thiophene rings is 1. The van der Waals surface area contributed by atoms with Crippen molar-refractivity contribution in [1.82, 2.24) is 15.3 Å². The molecule has 3 aromatic rings. The lowest BCUT2D eigenvalue weighted by Gasteiger charge is -2.19. The third-order valence-electron chi connectivity index (χ3n) is 5.27. The molecular formula is C23H23FN4O4S. The SMILES string of the molecule is C=C(NCc1cc(F)c2c(c1)NC(=O)CO2)c1nc2scc(C(C)C(=C)OCC)c2c(=O)[nH]1. The Bertz CT molecular complexity index is 1330. The minimum absolute atomic E-state index is 0.0170. The quantitative estimate of drug-likeness (QED) is 0.432. The van der Waals surface area contributed by atoms with E-state index in [-0.39, 0.29) is 47.8 Å². The molecule has 0 bridgehead atoms. The number of allylic oxidation sites excluding steroid dienone is 1. The number of anilines is 1. The third kappa shape index (κ3) is 4.47. The van der Waals surface area contributed by atoms with E-state index in [1.807, 2.05) is 19.2 Å². The van der Waals surface area contributed by atoms with Crippen LogP contribution in [0.4, 0.5) is 10.1 Å². The Labute approximate surface area is 193 Å². The number of hydrogen-bond donors (Lipinski definition) is 3. The number of hydrogen-bond acceptors (Lipinski definition) is 7. The molecule has 0 saturated carbocycles. The Morgan fingerprint density at radius 3 is 2.94 bits per heavy atom. The summed E-state index contributed by atoms with van der Waals surface area (Å²) in [4.78, 5) is 32.2. The Kier molecular flexibility index (Phi) is 6.19. The molecular weight excluding hydrogens is 447 g/mol. The van der Waals surface area contributed by atoms with Crippen LogP contribution in [-0.4, -0.2) is 29.1 Å². The van der Waals surface area contributed by atoms with Crippen molar-refractivity contribution in [2.75, 3.05) is 18.5 Å². The maximum atomic E-state index is 14.3. The maximum Gasteiger partial charge on any atom is 0.262 e. The van der Waals surface area contributed by atoms with E-state index in [2.05, 4.69) is 33.8 Å². The Morgan fingerprint density at radius 2 is 2.18 bits per heavy atom. The molecule has 3 heterocycles. The Hall–Kier alpha value is -3.66. The fraction of sp³-hybridized carbons (Fsp3) is 0.261. The molecule has 3 N–H and O–H groups in total. The lowest BCUT2D eigenvalue weighted by molar-refractivity contribution is -0.118. The van der Waals surface area contributed by atoms with Gasteiger partial charge in [0.2, 0.25) is 0 Å². The van der Waals surface area contributed by atoms with Crippen molar-refractivity contribution in [1.29, 1.82) is 0 Å². The van der Waals surface area contributed by atoms with Crippen LogP contribution in [0.1, 0.15) is 36.7 Å². The zero-order valence-corrected chi connectivity index (χ0v) is 19.0. The van der Waals surface area contributed by atoms with Gasteiger partial charge in [-0.2, -0.15) is 0 Å². The van der Waals surface area contributed by atoms with Crippen LogP contribution in [0.3, 0.4) is 0 Å². The fourth-order valence-corrected chi connectivity index (χ4v) is 4.56. The number of aromatic amines is 1. The van der Waals surface area contributed by atoms with E-state index in [1.165, 1.54) is 17.4 Å². The zero-order valence-electron chi connectivity index (χ0n) is 18.2. The molecule has 1 aliphatic heterocycles. The summed E-state index contributed by atoms with van der Waals surface area (Å²) < 4.78 is 24.9. The number of amides is 1. The highest BCUT2D eigenvalue weighted by atomic mass is 32.1. The van der Waals surface area contributed by atoms with Gasteiger partial charge in [0.15, 0.2) is 24.0 Å². The van der Waals surface area contributed by atoms with Crippen molar-refractivity contribution in [3.8, 4) is 5.75 Å². The van der Waals surface area contributed by atoms with Crippen LogP contribution < -0.4 is 20.9 Å². The fourth-order valence-electron chi connectivity index (χ4n) is 3.52. The molecule has 8 nitrogen and oxygen atoms in total. The molecule has 172 valence electrons. The molecule has 4 rings (SSSR count). The van der Waals surface area contributed by atoms with Crippen LogP contribution in [0.25, 0.3) is 15.9 Å². The van der Waals surface area contributed by atoms with Crippen molar-refractivity contribution in [3.05, 3.63) is 69.6 Å². The number of fused-ring (bicyclic) bond motifs is 2. The lowest BCUT2D eigenvalue weighted by atomic mass is 10.0. The van der Waals surface area contributed by atoms with Crippen molar-refractivity contribution >= 4 is 38.8 Å². The summed E-state index contributed by atoms with van der Waals surface area (Å²) in [6, 6.07) is 2.93. The molecule has 10 heteroatoms. The van der Waals surface area contributed by atoms with Crippen LogP contribution in [0.2, 0.25) is 0 Å². The highest BCUT2D eigenvalue weighted by Crippen LogP contribution is 2.33. The second-order valence-electron chi connectivity index (χ2n) is 7.53. The van der Waals surface area contributed by atoms with Gasteiger partial charge in [0.05, 0.1) is 29.1 Å². The van der Waals surface area contributed by atoms with E-state index in [4.69, 9.17) is 9.47 Å². The molecule has 1 amide bonds. The highest BCUT2D eigenvalue weighted by Gasteiger charge is 2.22. The molecule has 0 aliphatic carbocycles. The second-order valence-corrected chi connectivity index (χ2v) is 8.39. The number of aromatic nitrogens is 2. The number of nitrogens with zero attached hydrogens (tertiary/aromatic N) is 1. The summed E-state index contributed by atoms with van der Waals surface area (Å²) in [7, 11) is 0. The Morgan fingerprint density at radius 1 is 1.39 bits per heavy atom. The Balaban J connectivity index is 1.53. The predicted molar refractivity (Wildman–Crippen MR) is 126 cm³/mol. The average Bonchev–Trinajstić information content (AvgIpc) is 3.21.